The van der Waals surface area contributed by atoms with Crippen LogP contribution in [0.5, 0.6) is 0 Å². The Kier molecular flexibility index (Phi) is 2.66. The van der Waals surface area contributed by atoms with E-state index in [0.29, 0.717) is 11.5 Å². The number of hydrogen-bond donors (Lipinski definition) is 1. The summed E-state index contributed by atoms with van der Waals surface area (Å²) in [7, 11) is 1.79. The maximum absolute atomic E-state index is 10.9. The molecule has 2 aromatic rings. The van der Waals surface area contributed by atoms with Crippen LogP contribution in [-0.4, -0.2) is 35.6 Å². The molecule has 90 valence electrons. The third-order valence-electron chi connectivity index (χ3n) is 2.28. The van der Waals surface area contributed by atoms with E-state index in [1.807, 2.05) is 13.8 Å². The van der Waals surface area contributed by atoms with Crippen LogP contribution in [0.4, 0.5) is 0 Å². The highest BCUT2D eigenvalue weighted by Crippen LogP contribution is 2.16. The molecule has 0 radical (unpaired) electrons. The Hall–Kier alpha value is -2.18. The minimum absolute atomic E-state index is 0.0795. The minimum atomic E-state index is -1.13. The van der Waals surface area contributed by atoms with Crippen molar-refractivity contribution < 1.29 is 9.90 Å². The van der Waals surface area contributed by atoms with E-state index in [0.717, 1.165) is 0 Å². The van der Waals surface area contributed by atoms with Gasteiger partial charge in [-0.15, -0.1) is 5.10 Å². The summed E-state index contributed by atoms with van der Waals surface area (Å²) in [5, 5.41) is 16.9. The van der Waals surface area contributed by atoms with E-state index < -0.39 is 5.97 Å². The molecule has 2 aromatic heterocycles. The van der Waals surface area contributed by atoms with Gasteiger partial charge in [0.2, 0.25) is 0 Å². The zero-order valence-corrected chi connectivity index (χ0v) is 9.82. The number of nitrogens with zero attached hydrogens (tertiary/aromatic N) is 5. The lowest BCUT2D eigenvalue weighted by molar-refractivity contribution is 0.0683. The first-order valence-corrected chi connectivity index (χ1v) is 5.18. The number of carbonyl (C=O) groups is 1. The van der Waals surface area contributed by atoms with Gasteiger partial charge in [0.15, 0.2) is 0 Å². The van der Waals surface area contributed by atoms with E-state index in [1.165, 1.54) is 4.68 Å². The number of aryl methyl sites for hydroxylation is 1. The number of aromatic carboxylic acids is 1. The standard InChI is InChI=1S/C10H13N5O2/c1-6(2)9-12-8(10(16)17)13-15(9)7-4-11-14(3)5-7/h4-6H,1-3H3,(H,16,17). The van der Waals surface area contributed by atoms with E-state index in [1.54, 1.807) is 24.1 Å². The average molecular weight is 235 g/mol. The Bertz CT molecular complexity index is 555. The van der Waals surface area contributed by atoms with Gasteiger partial charge in [0, 0.05) is 13.0 Å². The lowest BCUT2D eigenvalue weighted by Gasteiger charge is -2.04. The van der Waals surface area contributed by atoms with Gasteiger partial charge in [0.1, 0.15) is 11.5 Å². The predicted molar refractivity (Wildman–Crippen MR) is 59.2 cm³/mol. The Balaban J connectivity index is 2.55. The van der Waals surface area contributed by atoms with Crippen LogP contribution < -0.4 is 0 Å². The molecule has 2 rings (SSSR count). The molecule has 0 unspecified atom stereocenters. The molecular weight excluding hydrogens is 222 g/mol. The van der Waals surface area contributed by atoms with Crippen LogP contribution in [0.3, 0.4) is 0 Å². The lowest BCUT2D eigenvalue weighted by Crippen LogP contribution is -2.04. The van der Waals surface area contributed by atoms with Gasteiger partial charge in [-0.2, -0.15) is 5.10 Å². The molecule has 0 atom stereocenters. The number of carboxylic acids is 1. The molecule has 1 N–H and O–H groups in total. The highest BCUT2D eigenvalue weighted by Gasteiger charge is 2.19. The average Bonchev–Trinajstić information content (AvgIpc) is 2.82. The van der Waals surface area contributed by atoms with Gasteiger partial charge in [-0.25, -0.2) is 14.5 Å². The second-order valence-corrected chi connectivity index (χ2v) is 4.04. The summed E-state index contributed by atoms with van der Waals surface area (Å²) in [5.74, 6) is -0.640. The molecule has 0 aliphatic heterocycles. The normalized spacial score (nSPS) is 11.1. The molecule has 0 bridgehead atoms. The van der Waals surface area contributed by atoms with Gasteiger partial charge in [0.25, 0.3) is 5.82 Å². The maximum atomic E-state index is 10.9. The van der Waals surface area contributed by atoms with Crippen molar-refractivity contribution in [1.82, 2.24) is 24.5 Å². The zero-order chi connectivity index (χ0) is 12.6. The van der Waals surface area contributed by atoms with Crippen molar-refractivity contribution in [3.8, 4) is 5.69 Å². The summed E-state index contributed by atoms with van der Waals surface area (Å²) in [5.41, 5.74) is 0.705. The van der Waals surface area contributed by atoms with Crippen LogP contribution in [0.15, 0.2) is 12.4 Å². The van der Waals surface area contributed by atoms with E-state index >= 15 is 0 Å². The third-order valence-corrected chi connectivity index (χ3v) is 2.28. The van der Waals surface area contributed by atoms with Gasteiger partial charge >= 0.3 is 5.97 Å². The summed E-state index contributed by atoms with van der Waals surface area (Å²) < 4.78 is 3.14. The van der Waals surface area contributed by atoms with Crippen molar-refractivity contribution >= 4 is 5.97 Å². The summed E-state index contributed by atoms with van der Waals surface area (Å²) in [6.45, 7) is 3.87. The van der Waals surface area contributed by atoms with Crippen LogP contribution in [-0.2, 0) is 7.05 Å². The van der Waals surface area contributed by atoms with Gasteiger partial charge in [0.05, 0.1) is 12.4 Å². The number of rotatable bonds is 3. The Morgan fingerprint density at radius 1 is 1.47 bits per heavy atom. The van der Waals surface area contributed by atoms with Gasteiger partial charge < -0.3 is 5.11 Å². The Labute approximate surface area is 97.7 Å². The fourth-order valence-corrected chi connectivity index (χ4v) is 1.50. The second-order valence-electron chi connectivity index (χ2n) is 4.04. The van der Waals surface area contributed by atoms with Crippen molar-refractivity contribution in [2.24, 2.45) is 7.05 Å². The van der Waals surface area contributed by atoms with Crippen LogP contribution in [0.25, 0.3) is 5.69 Å². The van der Waals surface area contributed by atoms with E-state index in [2.05, 4.69) is 15.2 Å². The highest BCUT2D eigenvalue weighted by atomic mass is 16.4. The maximum Gasteiger partial charge on any atom is 0.375 e. The second kappa shape index (κ2) is 4.00. The zero-order valence-electron chi connectivity index (χ0n) is 9.82. The molecule has 0 aromatic carbocycles. The SMILES string of the molecule is CC(C)c1nc(C(=O)O)nn1-c1cnn(C)c1. The molecule has 0 aliphatic rings. The number of hydrogen-bond acceptors (Lipinski definition) is 4. The van der Waals surface area contributed by atoms with E-state index in [9.17, 15) is 4.79 Å². The molecule has 0 fully saturated rings. The molecule has 7 heteroatoms. The third kappa shape index (κ3) is 2.03. The summed E-state index contributed by atoms with van der Waals surface area (Å²) in [4.78, 5) is 14.9. The van der Waals surface area contributed by atoms with Crippen molar-refractivity contribution in [1.29, 1.82) is 0 Å². The fourth-order valence-electron chi connectivity index (χ4n) is 1.50. The van der Waals surface area contributed by atoms with Crippen LogP contribution in [0, 0.1) is 0 Å². The molecule has 0 aliphatic carbocycles. The molecule has 0 saturated heterocycles. The first-order valence-electron chi connectivity index (χ1n) is 5.18. The van der Waals surface area contributed by atoms with Crippen LogP contribution in [0.2, 0.25) is 0 Å². The van der Waals surface area contributed by atoms with Crippen molar-refractivity contribution in [3.05, 3.63) is 24.0 Å². The Morgan fingerprint density at radius 3 is 2.65 bits per heavy atom. The first kappa shape index (κ1) is 11.3. The molecule has 0 saturated carbocycles. The Morgan fingerprint density at radius 2 is 2.18 bits per heavy atom. The largest absolute Gasteiger partial charge is 0.475 e. The lowest BCUT2D eigenvalue weighted by atomic mass is 10.2. The molecule has 17 heavy (non-hydrogen) atoms. The topological polar surface area (TPSA) is 85.8 Å². The van der Waals surface area contributed by atoms with E-state index in [4.69, 9.17) is 5.11 Å². The fraction of sp³-hybridized carbons (Fsp3) is 0.400. The quantitative estimate of drug-likeness (QED) is 0.851. The molecule has 7 nitrogen and oxygen atoms in total. The van der Waals surface area contributed by atoms with Gasteiger partial charge in [-0.05, 0) is 0 Å². The molecular formula is C10H13N5O2. The summed E-state index contributed by atoms with van der Waals surface area (Å²) in [6.07, 6.45) is 3.37. The van der Waals surface area contributed by atoms with Gasteiger partial charge in [-0.3, -0.25) is 4.68 Å². The summed E-state index contributed by atoms with van der Waals surface area (Å²) >= 11 is 0. The molecule has 0 spiro atoms. The van der Waals surface area contributed by atoms with E-state index in [-0.39, 0.29) is 11.7 Å². The first-order chi connectivity index (χ1) is 7.99. The predicted octanol–water partition coefficient (Wildman–Crippen LogP) is 0.822. The highest BCUT2D eigenvalue weighted by molar-refractivity contribution is 5.83. The van der Waals surface area contributed by atoms with Crippen LogP contribution in [0.1, 0.15) is 36.2 Å². The minimum Gasteiger partial charge on any atom is -0.475 e. The smallest absolute Gasteiger partial charge is 0.375 e. The van der Waals surface area contributed by atoms with Crippen molar-refractivity contribution in [2.45, 2.75) is 19.8 Å². The molecule has 2 heterocycles. The van der Waals surface area contributed by atoms with Gasteiger partial charge in [-0.1, -0.05) is 13.8 Å². The number of aromatic nitrogens is 5. The monoisotopic (exact) mass is 235 g/mol. The van der Waals surface area contributed by atoms with Crippen molar-refractivity contribution in [3.63, 3.8) is 0 Å². The number of carboxylic acid groups (broad SMARTS) is 1. The molecule has 0 amide bonds. The van der Waals surface area contributed by atoms with Crippen LogP contribution >= 0.6 is 0 Å². The van der Waals surface area contributed by atoms with Crippen molar-refractivity contribution in [2.75, 3.05) is 0 Å². The summed E-state index contributed by atoms with van der Waals surface area (Å²) in [6, 6.07) is 0.